The third-order valence-corrected chi connectivity index (χ3v) is 4.63. The molecule has 20 heavy (non-hydrogen) atoms. The first-order valence-electron chi connectivity index (χ1n) is 7.92. The van der Waals surface area contributed by atoms with Crippen molar-refractivity contribution in [2.24, 2.45) is 5.92 Å². The molecule has 1 fully saturated rings. The molecule has 0 aromatic heterocycles. The molecule has 2 heterocycles. The summed E-state index contributed by atoms with van der Waals surface area (Å²) in [7, 11) is 0. The summed E-state index contributed by atoms with van der Waals surface area (Å²) >= 11 is 0. The van der Waals surface area contributed by atoms with Crippen molar-refractivity contribution in [3.05, 3.63) is 29.8 Å². The fourth-order valence-corrected chi connectivity index (χ4v) is 3.45. The molecule has 2 aliphatic rings. The molecule has 0 radical (unpaired) electrons. The molecule has 3 rings (SSSR count). The van der Waals surface area contributed by atoms with Crippen molar-refractivity contribution in [2.75, 3.05) is 26.3 Å². The maximum atomic E-state index is 5.75. The molecule has 3 unspecified atom stereocenters. The van der Waals surface area contributed by atoms with Gasteiger partial charge in [-0.3, -0.25) is 0 Å². The Morgan fingerprint density at radius 1 is 1.15 bits per heavy atom. The molecule has 0 saturated carbocycles. The average Bonchev–Trinajstić information content (AvgIpc) is 2.95. The lowest BCUT2D eigenvalue weighted by molar-refractivity contribution is 0.0871. The number of fused-ring (bicyclic) bond motifs is 1. The highest BCUT2D eigenvalue weighted by atomic mass is 16.5. The lowest BCUT2D eigenvalue weighted by atomic mass is 9.92. The van der Waals surface area contributed by atoms with E-state index in [1.54, 1.807) is 0 Å². The van der Waals surface area contributed by atoms with Crippen LogP contribution in [-0.2, 0) is 4.74 Å². The van der Waals surface area contributed by atoms with Gasteiger partial charge in [-0.05, 0) is 36.8 Å². The van der Waals surface area contributed by atoms with Crippen molar-refractivity contribution in [2.45, 2.75) is 38.2 Å². The molecule has 1 saturated heterocycles. The predicted molar refractivity (Wildman–Crippen MR) is 80.3 cm³/mol. The van der Waals surface area contributed by atoms with E-state index in [1.165, 1.54) is 12.0 Å². The molecule has 3 heteroatoms. The largest absolute Gasteiger partial charge is 0.493 e. The number of para-hydroxylation sites is 1. The van der Waals surface area contributed by atoms with E-state index in [9.17, 15) is 0 Å². The van der Waals surface area contributed by atoms with Crippen LogP contribution in [0, 0.1) is 5.92 Å². The maximum Gasteiger partial charge on any atom is 0.122 e. The first-order valence-corrected chi connectivity index (χ1v) is 7.92. The van der Waals surface area contributed by atoms with Gasteiger partial charge < -0.3 is 14.8 Å². The number of rotatable bonds is 5. The normalized spacial score (nSPS) is 28.9. The van der Waals surface area contributed by atoms with Crippen LogP contribution in [0.2, 0.25) is 0 Å². The van der Waals surface area contributed by atoms with Gasteiger partial charge in [0, 0.05) is 25.6 Å². The van der Waals surface area contributed by atoms with Gasteiger partial charge in [-0.15, -0.1) is 0 Å². The van der Waals surface area contributed by atoms with E-state index in [1.807, 2.05) is 0 Å². The number of hydrogen-bond acceptors (Lipinski definition) is 3. The van der Waals surface area contributed by atoms with Crippen molar-refractivity contribution >= 4 is 0 Å². The van der Waals surface area contributed by atoms with E-state index in [2.05, 4.69) is 36.5 Å². The second-order valence-corrected chi connectivity index (χ2v) is 5.90. The van der Waals surface area contributed by atoms with Gasteiger partial charge in [0.15, 0.2) is 0 Å². The van der Waals surface area contributed by atoms with Crippen LogP contribution in [0.25, 0.3) is 0 Å². The van der Waals surface area contributed by atoms with Crippen molar-refractivity contribution in [3.8, 4) is 5.75 Å². The van der Waals surface area contributed by atoms with E-state index in [4.69, 9.17) is 9.47 Å². The third kappa shape index (κ3) is 2.99. The summed E-state index contributed by atoms with van der Waals surface area (Å²) in [6.45, 7) is 6.13. The van der Waals surface area contributed by atoms with Crippen LogP contribution in [0.15, 0.2) is 24.3 Å². The molecule has 2 aliphatic heterocycles. The van der Waals surface area contributed by atoms with Crippen LogP contribution in [0.3, 0.4) is 0 Å². The third-order valence-electron chi connectivity index (χ3n) is 4.63. The van der Waals surface area contributed by atoms with E-state index in [0.717, 1.165) is 44.9 Å². The molecular weight excluding hydrogens is 250 g/mol. The van der Waals surface area contributed by atoms with E-state index >= 15 is 0 Å². The Morgan fingerprint density at radius 3 is 2.95 bits per heavy atom. The maximum absolute atomic E-state index is 5.75. The average molecular weight is 275 g/mol. The predicted octanol–water partition coefficient (Wildman–Crippen LogP) is 2.96. The SMILES string of the molecule is CCC1OCCC1CNCC1CCOc2ccccc21. The van der Waals surface area contributed by atoms with E-state index in [-0.39, 0.29) is 0 Å². The second-order valence-electron chi connectivity index (χ2n) is 5.90. The Balaban J connectivity index is 1.52. The molecule has 110 valence electrons. The van der Waals surface area contributed by atoms with Gasteiger partial charge >= 0.3 is 0 Å². The van der Waals surface area contributed by atoms with Gasteiger partial charge in [-0.1, -0.05) is 25.1 Å². The topological polar surface area (TPSA) is 30.5 Å². The molecule has 1 aromatic rings. The van der Waals surface area contributed by atoms with E-state index < -0.39 is 0 Å². The summed E-state index contributed by atoms with van der Waals surface area (Å²) in [6, 6.07) is 8.45. The Bertz CT molecular complexity index is 435. The number of hydrogen-bond donors (Lipinski definition) is 1. The minimum absolute atomic E-state index is 0.462. The molecule has 0 bridgehead atoms. The minimum atomic E-state index is 0.462. The van der Waals surface area contributed by atoms with Crippen LogP contribution >= 0.6 is 0 Å². The highest BCUT2D eigenvalue weighted by Crippen LogP contribution is 2.33. The van der Waals surface area contributed by atoms with Gasteiger partial charge in [0.2, 0.25) is 0 Å². The van der Waals surface area contributed by atoms with Crippen molar-refractivity contribution < 1.29 is 9.47 Å². The molecule has 0 amide bonds. The highest BCUT2D eigenvalue weighted by molar-refractivity contribution is 5.37. The fourth-order valence-electron chi connectivity index (χ4n) is 3.45. The monoisotopic (exact) mass is 275 g/mol. The molecular formula is C17H25NO2. The quantitative estimate of drug-likeness (QED) is 0.896. The smallest absolute Gasteiger partial charge is 0.122 e. The first kappa shape index (κ1) is 13.9. The summed E-state index contributed by atoms with van der Waals surface area (Å²) in [5.41, 5.74) is 1.36. The minimum Gasteiger partial charge on any atom is -0.493 e. The molecule has 0 spiro atoms. The van der Waals surface area contributed by atoms with Gasteiger partial charge in [0.25, 0.3) is 0 Å². The van der Waals surface area contributed by atoms with Crippen LogP contribution in [0.5, 0.6) is 5.75 Å². The molecule has 0 aliphatic carbocycles. The molecule has 3 atom stereocenters. The van der Waals surface area contributed by atoms with Crippen LogP contribution < -0.4 is 10.1 Å². The zero-order chi connectivity index (χ0) is 13.8. The summed E-state index contributed by atoms with van der Waals surface area (Å²) in [6.07, 6.45) is 3.91. The summed E-state index contributed by atoms with van der Waals surface area (Å²) in [5.74, 6) is 2.35. The molecule has 1 N–H and O–H groups in total. The standard InChI is InChI=1S/C17H25NO2/c1-2-16-14(8-10-19-16)12-18-11-13-7-9-20-17-6-4-3-5-15(13)17/h3-6,13-14,16,18H,2,7-12H2,1H3. The van der Waals surface area contributed by atoms with Crippen LogP contribution in [-0.4, -0.2) is 32.4 Å². The number of benzene rings is 1. The number of nitrogens with one attached hydrogen (secondary N) is 1. The summed E-state index contributed by atoms with van der Waals surface area (Å²) in [5, 5.41) is 3.67. The van der Waals surface area contributed by atoms with Crippen molar-refractivity contribution in [1.29, 1.82) is 0 Å². The van der Waals surface area contributed by atoms with Crippen molar-refractivity contribution in [3.63, 3.8) is 0 Å². The van der Waals surface area contributed by atoms with Gasteiger partial charge in [0.1, 0.15) is 5.75 Å². The van der Waals surface area contributed by atoms with Gasteiger partial charge in [0.05, 0.1) is 12.7 Å². The zero-order valence-electron chi connectivity index (χ0n) is 12.3. The van der Waals surface area contributed by atoms with Gasteiger partial charge in [-0.2, -0.15) is 0 Å². The Morgan fingerprint density at radius 2 is 2.05 bits per heavy atom. The summed E-state index contributed by atoms with van der Waals surface area (Å²) < 4.78 is 11.5. The highest BCUT2D eigenvalue weighted by Gasteiger charge is 2.27. The van der Waals surface area contributed by atoms with Crippen LogP contribution in [0.1, 0.15) is 37.7 Å². The lowest BCUT2D eigenvalue weighted by Gasteiger charge is -2.27. The second kappa shape index (κ2) is 6.59. The Hall–Kier alpha value is -1.06. The summed E-state index contributed by atoms with van der Waals surface area (Å²) in [4.78, 5) is 0. The Labute approximate surface area is 121 Å². The van der Waals surface area contributed by atoms with E-state index in [0.29, 0.717) is 17.9 Å². The zero-order valence-corrected chi connectivity index (χ0v) is 12.3. The molecule has 1 aromatic carbocycles. The van der Waals surface area contributed by atoms with Crippen molar-refractivity contribution in [1.82, 2.24) is 5.32 Å². The Kier molecular flexibility index (Phi) is 4.58. The number of ether oxygens (including phenoxy) is 2. The molecule has 3 nitrogen and oxygen atoms in total. The first-order chi connectivity index (χ1) is 9.88. The fraction of sp³-hybridized carbons (Fsp3) is 0.647. The van der Waals surface area contributed by atoms with Gasteiger partial charge in [-0.25, -0.2) is 0 Å². The van der Waals surface area contributed by atoms with Crippen LogP contribution in [0.4, 0.5) is 0 Å². The lowest BCUT2D eigenvalue weighted by Crippen LogP contribution is -2.32.